The lowest BCUT2D eigenvalue weighted by molar-refractivity contribution is 0.00464. The van der Waals surface area contributed by atoms with Gasteiger partial charge in [0.25, 0.3) is 11.1 Å². The van der Waals surface area contributed by atoms with E-state index < -0.39 is 22.9 Å². The van der Waals surface area contributed by atoms with Crippen molar-refractivity contribution < 1.29 is 13.5 Å². The molecule has 10 heteroatoms. The van der Waals surface area contributed by atoms with Gasteiger partial charge in [0.15, 0.2) is 17.3 Å². The Labute approximate surface area is 221 Å². The highest BCUT2D eigenvalue weighted by Crippen LogP contribution is 2.39. The van der Waals surface area contributed by atoms with Crippen LogP contribution in [0.25, 0.3) is 16.9 Å². The summed E-state index contributed by atoms with van der Waals surface area (Å²) in [6, 6.07) is 7.16. The van der Waals surface area contributed by atoms with Gasteiger partial charge in [0.1, 0.15) is 11.2 Å². The molecule has 0 amide bonds. The number of hydrogen-bond acceptors (Lipinski definition) is 5. The van der Waals surface area contributed by atoms with Gasteiger partial charge in [-0.3, -0.25) is 14.2 Å². The normalized spacial score (nSPS) is 19.7. The molecular weight excluding hydrogens is 514 g/mol. The molecular formula is C28H25ClF2N4O3. The van der Waals surface area contributed by atoms with Gasteiger partial charge < -0.3 is 9.30 Å². The number of fused-ring (bicyclic) bond motifs is 1. The number of aromatic nitrogens is 4. The SMILES string of the molecule is Cc1nc2cc([C@H]3CCO[C@@H](c4ccc(=O)n(C5CC5)c4)C3)c(=O)n(-c3c(F)cc(Cl)cc3F)c2nc1C. The Balaban J connectivity index is 1.49. The Morgan fingerprint density at radius 1 is 1.00 bits per heavy atom. The highest BCUT2D eigenvalue weighted by Gasteiger charge is 2.31. The van der Waals surface area contributed by atoms with Gasteiger partial charge in [-0.25, -0.2) is 18.7 Å². The second kappa shape index (κ2) is 9.39. The number of rotatable bonds is 4. The average molecular weight is 539 g/mol. The van der Waals surface area contributed by atoms with Crippen LogP contribution >= 0.6 is 11.6 Å². The molecule has 0 spiro atoms. The van der Waals surface area contributed by atoms with Crippen LogP contribution in [0.3, 0.4) is 0 Å². The van der Waals surface area contributed by atoms with Crippen LogP contribution in [0.15, 0.2) is 46.1 Å². The van der Waals surface area contributed by atoms with Crippen LogP contribution in [0.1, 0.15) is 66.3 Å². The molecule has 7 nitrogen and oxygen atoms in total. The van der Waals surface area contributed by atoms with E-state index in [0.29, 0.717) is 41.9 Å². The molecule has 0 bridgehead atoms. The Morgan fingerprint density at radius 3 is 2.42 bits per heavy atom. The number of nitrogens with zero attached hydrogens (tertiary/aromatic N) is 4. The van der Waals surface area contributed by atoms with Crippen molar-refractivity contribution in [1.82, 2.24) is 19.1 Å². The number of hydrogen-bond donors (Lipinski definition) is 0. The minimum absolute atomic E-state index is 0.0442. The van der Waals surface area contributed by atoms with Crippen LogP contribution in [-0.2, 0) is 4.74 Å². The third-order valence-corrected chi connectivity index (χ3v) is 7.69. The summed E-state index contributed by atoms with van der Waals surface area (Å²) < 4.78 is 39.0. The third kappa shape index (κ3) is 4.33. The highest BCUT2D eigenvalue weighted by molar-refractivity contribution is 6.30. The molecule has 1 aliphatic carbocycles. The zero-order valence-electron chi connectivity index (χ0n) is 20.9. The summed E-state index contributed by atoms with van der Waals surface area (Å²) in [5, 5.41) is -0.116. The van der Waals surface area contributed by atoms with Crippen molar-refractivity contribution in [1.29, 1.82) is 0 Å². The number of halogens is 3. The largest absolute Gasteiger partial charge is 0.373 e. The topological polar surface area (TPSA) is 79.0 Å². The smallest absolute Gasteiger partial charge is 0.260 e. The molecule has 0 unspecified atom stereocenters. The van der Waals surface area contributed by atoms with E-state index in [1.54, 1.807) is 36.6 Å². The molecule has 1 aromatic carbocycles. The standard InChI is InChI=1S/C28H25ClF2N4O3/c1-14-15(2)33-27-23(32-14)12-20(28(37)35(27)26-21(30)10-18(29)11-22(26)31)16-7-8-38-24(9-16)17-3-6-25(36)34(13-17)19-4-5-19/h3,6,10-13,16,19,24H,4-5,7-9H2,1-2H3/t16-,24+/m0/s1. The number of benzene rings is 1. The molecule has 1 saturated heterocycles. The Hall–Kier alpha value is -3.43. The van der Waals surface area contributed by atoms with Crippen molar-refractivity contribution in [2.75, 3.05) is 6.61 Å². The van der Waals surface area contributed by atoms with Crippen LogP contribution in [0.2, 0.25) is 5.02 Å². The van der Waals surface area contributed by atoms with Gasteiger partial charge in [0.2, 0.25) is 0 Å². The van der Waals surface area contributed by atoms with Crippen molar-refractivity contribution >= 4 is 22.8 Å². The first-order valence-corrected chi connectivity index (χ1v) is 13.0. The van der Waals surface area contributed by atoms with E-state index in [1.807, 2.05) is 6.20 Å². The lowest BCUT2D eigenvalue weighted by Crippen LogP contribution is -2.30. The molecule has 4 heterocycles. The molecule has 196 valence electrons. The maximum atomic E-state index is 15.1. The summed E-state index contributed by atoms with van der Waals surface area (Å²) in [4.78, 5) is 35.3. The van der Waals surface area contributed by atoms with Crippen LogP contribution in [0.5, 0.6) is 0 Å². The van der Waals surface area contributed by atoms with E-state index >= 15 is 8.78 Å². The first-order valence-electron chi connectivity index (χ1n) is 12.6. The number of pyridine rings is 2. The van der Waals surface area contributed by atoms with Gasteiger partial charge in [0, 0.05) is 35.5 Å². The molecule has 0 radical (unpaired) electrons. The molecule has 1 saturated carbocycles. The molecule has 4 aromatic rings. The van der Waals surface area contributed by atoms with Crippen LogP contribution in [0, 0.1) is 25.5 Å². The van der Waals surface area contributed by atoms with Gasteiger partial charge in [0.05, 0.1) is 17.5 Å². The van der Waals surface area contributed by atoms with Crippen molar-refractivity contribution in [2.24, 2.45) is 0 Å². The fraction of sp³-hybridized carbons (Fsp3) is 0.357. The molecule has 0 N–H and O–H groups in total. The van der Waals surface area contributed by atoms with E-state index in [0.717, 1.165) is 35.1 Å². The first kappa shape index (κ1) is 24.9. The predicted octanol–water partition coefficient (Wildman–Crippen LogP) is 5.46. The molecule has 38 heavy (non-hydrogen) atoms. The van der Waals surface area contributed by atoms with E-state index in [1.165, 1.54) is 0 Å². The first-order chi connectivity index (χ1) is 18.2. The van der Waals surface area contributed by atoms with Crippen molar-refractivity contribution in [3.8, 4) is 5.69 Å². The van der Waals surface area contributed by atoms with Crippen molar-refractivity contribution in [2.45, 2.75) is 57.6 Å². The zero-order valence-corrected chi connectivity index (χ0v) is 21.6. The summed E-state index contributed by atoms with van der Waals surface area (Å²) in [6.45, 7) is 3.90. The fourth-order valence-corrected chi connectivity index (χ4v) is 5.40. The van der Waals surface area contributed by atoms with Crippen molar-refractivity contribution in [3.05, 3.63) is 96.4 Å². The third-order valence-electron chi connectivity index (χ3n) is 7.47. The van der Waals surface area contributed by atoms with Gasteiger partial charge in [-0.15, -0.1) is 0 Å². The van der Waals surface area contributed by atoms with Crippen LogP contribution < -0.4 is 11.1 Å². The molecule has 1 aliphatic heterocycles. The molecule has 2 atom stereocenters. The van der Waals surface area contributed by atoms with Gasteiger partial charge in [-0.1, -0.05) is 11.6 Å². The number of ether oxygens (including phenoxy) is 1. The van der Waals surface area contributed by atoms with Gasteiger partial charge >= 0.3 is 0 Å². The van der Waals surface area contributed by atoms with Crippen LogP contribution in [0.4, 0.5) is 8.78 Å². The van der Waals surface area contributed by atoms with E-state index in [-0.39, 0.29) is 34.3 Å². The minimum Gasteiger partial charge on any atom is -0.373 e. The summed E-state index contributed by atoms with van der Waals surface area (Å²) in [5.41, 5.74) is 1.73. The number of aryl methyl sites for hydroxylation is 2. The Morgan fingerprint density at radius 2 is 1.71 bits per heavy atom. The predicted molar refractivity (Wildman–Crippen MR) is 139 cm³/mol. The molecule has 2 fully saturated rings. The Kier molecular flexibility index (Phi) is 6.15. The van der Waals surface area contributed by atoms with E-state index in [2.05, 4.69) is 9.97 Å². The van der Waals surface area contributed by atoms with Crippen LogP contribution in [-0.4, -0.2) is 25.7 Å². The zero-order chi connectivity index (χ0) is 26.7. The molecule has 2 aliphatic rings. The molecule has 3 aromatic heterocycles. The summed E-state index contributed by atoms with van der Waals surface area (Å²) in [7, 11) is 0. The van der Waals surface area contributed by atoms with Gasteiger partial charge in [-0.05, 0) is 75.3 Å². The minimum atomic E-state index is -0.970. The quantitative estimate of drug-likeness (QED) is 0.345. The molecule has 6 rings (SSSR count). The average Bonchev–Trinajstić information content (AvgIpc) is 3.72. The summed E-state index contributed by atoms with van der Waals surface area (Å²) >= 11 is 5.85. The highest BCUT2D eigenvalue weighted by atomic mass is 35.5. The fourth-order valence-electron chi connectivity index (χ4n) is 5.21. The van der Waals surface area contributed by atoms with Gasteiger partial charge in [-0.2, -0.15) is 0 Å². The second-order valence-electron chi connectivity index (χ2n) is 10.1. The van der Waals surface area contributed by atoms with E-state index in [4.69, 9.17) is 16.3 Å². The summed E-state index contributed by atoms with van der Waals surface area (Å²) in [6.07, 6.45) is 4.48. The van der Waals surface area contributed by atoms with E-state index in [9.17, 15) is 9.59 Å². The second-order valence-corrected chi connectivity index (χ2v) is 10.5. The maximum Gasteiger partial charge on any atom is 0.260 e. The maximum absolute atomic E-state index is 15.1. The van der Waals surface area contributed by atoms with Crippen molar-refractivity contribution in [3.63, 3.8) is 0 Å². The lowest BCUT2D eigenvalue weighted by atomic mass is 9.87. The monoisotopic (exact) mass is 538 g/mol. The summed E-state index contributed by atoms with van der Waals surface area (Å²) in [5.74, 6) is -2.20. The Bertz CT molecular complexity index is 1690. The lowest BCUT2D eigenvalue weighted by Gasteiger charge is -2.30.